The molecule has 3 nitrogen and oxygen atoms in total. The molecule has 0 aromatic carbocycles. The minimum atomic E-state index is 0.163. The first kappa shape index (κ1) is 9.52. The van der Waals surface area contributed by atoms with Gasteiger partial charge in [-0.15, -0.1) is 0 Å². The van der Waals surface area contributed by atoms with Crippen molar-refractivity contribution in [3.05, 3.63) is 0 Å². The third-order valence-corrected chi connectivity index (χ3v) is 2.26. The zero-order valence-corrected chi connectivity index (χ0v) is 7.89. The van der Waals surface area contributed by atoms with E-state index in [1.165, 1.54) is 0 Å². The van der Waals surface area contributed by atoms with Crippen LogP contribution in [0, 0.1) is 5.92 Å². The van der Waals surface area contributed by atoms with Gasteiger partial charge < -0.3 is 10.6 Å². The molecule has 70 valence electrons. The lowest BCUT2D eigenvalue weighted by Crippen LogP contribution is -2.48. The molecule has 2 unspecified atom stereocenters. The highest BCUT2D eigenvalue weighted by Gasteiger charge is 2.18. The zero-order valence-electron chi connectivity index (χ0n) is 7.89. The van der Waals surface area contributed by atoms with Gasteiger partial charge in [-0.2, -0.15) is 0 Å². The van der Waals surface area contributed by atoms with Gasteiger partial charge in [0, 0.05) is 19.0 Å². The van der Waals surface area contributed by atoms with E-state index in [-0.39, 0.29) is 5.91 Å². The molecule has 2 atom stereocenters. The Labute approximate surface area is 73.9 Å². The highest BCUT2D eigenvalue weighted by molar-refractivity contribution is 5.75. The summed E-state index contributed by atoms with van der Waals surface area (Å²) in [5.74, 6) is 0.844. The molecule has 1 amide bonds. The average molecular weight is 170 g/mol. The number of piperidine rings is 1. The van der Waals surface area contributed by atoms with Crippen LogP contribution in [0.4, 0.5) is 0 Å². The van der Waals surface area contributed by atoms with Gasteiger partial charge in [0.05, 0.1) is 0 Å². The monoisotopic (exact) mass is 170 g/mol. The number of hydrogen-bond acceptors (Lipinski definition) is 2. The SMILES string of the molecule is CCC(=O)NC1CNCC(C)C1. The van der Waals surface area contributed by atoms with E-state index in [1.54, 1.807) is 0 Å². The van der Waals surface area contributed by atoms with Crippen molar-refractivity contribution in [3.8, 4) is 0 Å². The standard InChI is InChI=1S/C9H18N2O/c1-3-9(12)11-8-4-7(2)5-10-6-8/h7-8,10H,3-6H2,1-2H3,(H,11,12). The predicted molar refractivity (Wildman–Crippen MR) is 48.9 cm³/mol. The summed E-state index contributed by atoms with van der Waals surface area (Å²) in [6.45, 7) is 6.10. The van der Waals surface area contributed by atoms with Crippen LogP contribution in [0.3, 0.4) is 0 Å². The second-order valence-corrected chi connectivity index (χ2v) is 3.62. The molecule has 0 spiro atoms. The van der Waals surface area contributed by atoms with Crippen molar-refractivity contribution in [3.63, 3.8) is 0 Å². The Bertz CT molecular complexity index is 159. The second kappa shape index (κ2) is 4.45. The molecule has 0 saturated carbocycles. The largest absolute Gasteiger partial charge is 0.352 e. The molecule has 3 heteroatoms. The van der Waals surface area contributed by atoms with E-state index in [0.717, 1.165) is 19.5 Å². The topological polar surface area (TPSA) is 41.1 Å². The maximum absolute atomic E-state index is 11.0. The number of carbonyl (C=O) groups is 1. The van der Waals surface area contributed by atoms with Crippen molar-refractivity contribution in [1.82, 2.24) is 10.6 Å². The summed E-state index contributed by atoms with van der Waals surface area (Å²) in [4.78, 5) is 11.0. The molecule has 0 aromatic rings. The summed E-state index contributed by atoms with van der Waals surface area (Å²) >= 11 is 0. The van der Waals surface area contributed by atoms with Gasteiger partial charge in [0.25, 0.3) is 0 Å². The Hall–Kier alpha value is -0.570. The molecule has 1 aliphatic heterocycles. The zero-order chi connectivity index (χ0) is 8.97. The van der Waals surface area contributed by atoms with E-state index in [2.05, 4.69) is 17.6 Å². The fourth-order valence-electron chi connectivity index (χ4n) is 1.60. The Kier molecular flexibility index (Phi) is 3.53. The van der Waals surface area contributed by atoms with E-state index in [4.69, 9.17) is 0 Å². The number of nitrogens with one attached hydrogen (secondary N) is 2. The summed E-state index contributed by atoms with van der Waals surface area (Å²) in [7, 11) is 0. The predicted octanol–water partition coefficient (Wildman–Crippen LogP) is 0.511. The highest BCUT2D eigenvalue weighted by atomic mass is 16.1. The molecule has 1 rings (SSSR count). The van der Waals surface area contributed by atoms with Crippen LogP contribution >= 0.6 is 0 Å². The smallest absolute Gasteiger partial charge is 0.219 e. The fourth-order valence-corrected chi connectivity index (χ4v) is 1.60. The van der Waals surface area contributed by atoms with E-state index in [0.29, 0.717) is 18.4 Å². The molecule has 1 aliphatic rings. The average Bonchev–Trinajstić information content (AvgIpc) is 2.04. The molecule has 1 heterocycles. The number of rotatable bonds is 2. The van der Waals surface area contributed by atoms with Crippen LogP contribution < -0.4 is 10.6 Å². The molecule has 1 fully saturated rings. The van der Waals surface area contributed by atoms with Crippen LogP contribution in [0.15, 0.2) is 0 Å². The molecule has 0 aromatic heterocycles. The van der Waals surface area contributed by atoms with Crippen molar-refractivity contribution in [2.45, 2.75) is 32.7 Å². The molecule has 1 saturated heterocycles. The Morgan fingerprint density at radius 3 is 2.92 bits per heavy atom. The molecular weight excluding hydrogens is 152 g/mol. The van der Waals surface area contributed by atoms with Gasteiger partial charge in [-0.05, 0) is 18.9 Å². The minimum Gasteiger partial charge on any atom is -0.352 e. The highest BCUT2D eigenvalue weighted by Crippen LogP contribution is 2.08. The maximum atomic E-state index is 11.0. The van der Waals surface area contributed by atoms with Crippen LogP contribution in [0.2, 0.25) is 0 Å². The summed E-state index contributed by atoms with van der Waals surface area (Å²) in [5, 5.41) is 6.30. The lowest BCUT2D eigenvalue weighted by atomic mass is 9.98. The van der Waals surface area contributed by atoms with Gasteiger partial charge >= 0.3 is 0 Å². The summed E-state index contributed by atoms with van der Waals surface area (Å²) < 4.78 is 0. The first-order valence-corrected chi connectivity index (χ1v) is 4.72. The van der Waals surface area contributed by atoms with Gasteiger partial charge in [-0.1, -0.05) is 13.8 Å². The first-order chi connectivity index (χ1) is 5.72. The van der Waals surface area contributed by atoms with Gasteiger partial charge in [0.2, 0.25) is 5.91 Å². The van der Waals surface area contributed by atoms with Crippen molar-refractivity contribution < 1.29 is 4.79 Å². The maximum Gasteiger partial charge on any atom is 0.219 e. The molecule has 0 bridgehead atoms. The lowest BCUT2D eigenvalue weighted by Gasteiger charge is -2.28. The molecule has 12 heavy (non-hydrogen) atoms. The van der Waals surface area contributed by atoms with Crippen molar-refractivity contribution in [2.24, 2.45) is 5.92 Å². The van der Waals surface area contributed by atoms with Crippen LogP contribution in [0.25, 0.3) is 0 Å². The molecule has 0 aliphatic carbocycles. The van der Waals surface area contributed by atoms with Crippen molar-refractivity contribution in [1.29, 1.82) is 0 Å². The third-order valence-electron chi connectivity index (χ3n) is 2.26. The van der Waals surface area contributed by atoms with E-state index in [9.17, 15) is 4.79 Å². The minimum absolute atomic E-state index is 0.163. The second-order valence-electron chi connectivity index (χ2n) is 3.62. The first-order valence-electron chi connectivity index (χ1n) is 4.72. The summed E-state index contributed by atoms with van der Waals surface area (Å²) in [6, 6.07) is 0.348. The fraction of sp³-hybridized carbons (Fsp3) is 0.889. The third kappa shape index (κ3) is 2.81. The summed E-state index contributed by atoms with van der Waals surface area (Å²) in [6.07, 6.45) is 1.70. The lowest BCUT2D eigenvalue weighted by molar-refractivity contribution is -0.121. The molecule has 0 radical (unpaired) electrons. The number of carbonyl (C=O) groups excluding carboxylic acids is 1. The quantitative estimate of drug-likeness (QED) is 0.634. The Morgan fingerprint density at radius 2 is 2.33 bits per heavy atom. The van der Waals surface area contributed by atoms with Gasteiger partial charge in [-0.25, -0.2) is 0 Å². The number of hydrogen-bond donors (Lipinski definition) is 2. The number of amides is 1. The Morgan fingerprint density at radius 1 is 1.58 bits per heavy atom. The van der Waals surface area contributed by atoms with E-state index < -0.39 is 0 Å². The van der Waals surface area contributed by atoms with Crippen LogP contribution in [-0.4, -0.2) is 25.0 Å². The van der Waals surface area contributed by atoms with Gasteiger partial charge in [0.1, 0.15) is 0 Å². The summed E-state index contributed by atoms with van der Waals surface area (Å²) in [5.41, 5.74) is 0. The normalized spacial score (nSPS) is 29.8. The molecule has 2 N–H and O–H groups in total. The van der Waals surface area contributed by atoms with Crippen LogP contribution in [0.5, 0.6) is 0 Å². The van der Waals surface area contributed by atoms with Crippen molar-refractivity contribution in [2.75, 3.05) is 13.1 Å². The van der Waals surface area contributed by atoms with Gasteiger partial charge in [-0.3, -0.25) is 4.79 Å². The molecular formula is C9H18N2O. The van der Waals surface area contributed by atoms with Crippen LogP contribution in [-0.2, 0) is 4.79 Å². The van der Waals surface area contributed by atoms with E-state index >= 15 is 0 Å². The Balaban J connectivity index is 2.27. The van der Waals surface area contributed by atoms with Gasteiger partial charge in [0.15, 0.2) is 0 Å². The van der Waals surface area contributed by atoms with Crippen molar-refractivity contribution >= 4 is 5.91 Å². The van der Waals surface area contributed by atoms with E-state index in [1.807, 2.05) is 6.92 Å². The van der Waals surface area contributed by atoms with Crippen LogP contribution in [0.1, 0.15) is 26.7 Å².